The number of hydrogen-bond donors (Lipinski definition) is 4. The molecule has 9 heteroatoms. The van der Waals surface area contributed by atoms with Crippen molar-refractivity contribution in [1.29, 1.82) is 0 Å². The Morgan fingerprint density at radius 3 is 1.08 bits per heavy atom. The first-order chi connectivity index (χ1) is 4.46. The van der Waals surface area contributed by atoms with Gasteiger partial charge in [0.05, 0.1) is 0 Å². The van der Waals surface area contributed by atoms with Crippen LogP contribution < -0.4 is 0 Å². The summed E-state index contributed by atoms with van der Waals surface area (Å²) in [5.41, 5.74) is 0. The fourth-order valence-corrected chi connectivity index (χ4v) is 0.270. The largest absolute Gasteiger partial charge is 4.00 e. The van der Waals surface area contributed by atoms with Gasteiger partial charge in [0.25, 0.3) is 0 Å². The van der Waals surface area contributed by atoms with E-state index in [2.05, 4.69) is 0 Å². The minimum atomic E-state index is -2.27. The van der Waals surface area contributed by atoms with Crippen LogP contribution in [0.4, 0.5) is 0 Å². The molecule has 0 aliphatic carbocycles. The van der Waals surface area contributed by atoms with Gasteiger partial charge in [-0.15, -0.1) is 0 Å². The molecule has 13 heavy (non-hydrogen) atoms. The van der Waals surface area contributed by atoms with Crippen molar-refractivity contribution in [3.8, 4) is 0 Å². The molecular formula is C4H6O8Ti. The van der Waals surface area contributed by atoms with Gasteiger partial charge >= 0.3 is 33.7 Å². The van der Waals surface area contributed by atoms with Gasteiger partial charge in [0.1, 0.15) is 0 Å². The molecule has 0 aromatic rings. The van der Waals surface area contributed by atoms with E-state index in [1.807, 2.05) is 0 Å². The van der Waals surface area contributed by atoms with Crippen LogP contribution in [0.3, 0.4) is 0 Å². The molecule has 0 aromatic carbocycles. The van der Waals surface area contributed by atoms with Crippen molar-refractivity contribution >= 4 is 11.9 Å². The molecule has 8 nitrogen and oxygen atoms in total. The molecule has 0 fully saturated rings. The molecule has 4 N–H and O–H groups in total. The maximum atomic E-state index is 9.77. The second-order valence-corrected chi connectivity index (χ2v) is 1.57. The van der Waals surface area contributed by atoms with E-state index >= 15 is 0 Å². The van der Waals surface area contributed by atoms with Crippen LogP contribution in [0.25, 0.3) is 0 Å². The second-order valence-electron chi connectivity index (χ2n) is 1.57. The third-order valence-corrected chi connectivity index (χ3v) is 0.805. The maximum absolute atomic E-state index is 9.77. The number of carbonyl (C=O) groups is 2. The molecule has 0 aliphatic heterocycles. The first-order valence-corrected chi connectivity index (χ1v) is 2.28. The molecule has 0 saturated carbocycles. The molecule has 0 aliphatic rings. The molecular weight excluding hydrogens is 224 g/mol. The van der Waals surface area contributed by atoms with Gasteiger partial charge in [-0.25, -0.2) is 9.59 Å². The summed E-state index contributed by atoms with van der Waals surface area (Å²) < 4.78 is 0. The van der Waals surface area contributed by atoms with E-state index in [4.69, 9.17) is 20.4 Å². The second kappa shape index (κ2) is 9.58. The van der Waals surface area contributed by atoms with E-state index in [9.17, 15) is 9.59 Å². The Morgan fingerprint density at radius 1 is 0.846 bits per heavy atom. The summed E-state index contributed by atoms with van der Waals surface area (Å²) >= 11 is 0. The van der Waals surface area contributed by atoms with Gasteiger partial charge in [0, 0.05) is 0 Å². The van der Waals surface area contributed by atoms with E-state index in [0.717, 1.165) is 0 Å². The average molecular weight is 230 g/mol. The van der Waals surface area contributed by atoms with Crippen LogP contribution in [-0.2, 0) is 42.3 Å². The Kier molecular flexibility index (Phi) is 16.9. The Bertz CT molecular complexity index is 140. The zero-order valence-electron chi connectivity index (χ0n) is 6.08. The first-order valence-electron chi connectivity index (χ1n) is 2.28. The van der Waals surface area contributed by atoms with Crippen molar-refractivity contribution in [2.75, 3.05) is 0 Å². The van der Waals surface area contributed by atoms with Crippen LogP contribution in [0.5, 0.6) is 0 Å². The van der Waals surface area contributed by atoms with Gasteiger partial charge in [-0.1, -0.05) is 0 Å². The topological polar surface area (TPSA) is 172 Å². The third kappa shape index (κ3) is 7.84. The summed E-state index contributed by atoms with van der Waals surface area (Å²) in [5, 5.41) is 32.5. The minimum Gasteiger partial charge on any atom is -2.00 e. The van der Waals surface area contributed by atoms with Crippen LogP contribution >= 0.6 is 0 Å². The predicted octanol–water partition coefficient (Wildman–Crippen LogP) is -2.36. The van der Waals surface area contributed by atoms with Crippen LogP contribution in [0, 0.1) is 0 Å². The summed E-state index contributed by atoms with van der Waals surface area (Å²) in [6.45, 7) is 0. The van der Waals surface area contributed by atoms with Gasteiger partial charge < -0.3 is 31.4 Å². The van der Waals surface area contributed by atoms with E-state index in [-0.39, 0.29) is 32.7 Å². The van der Waals surface area contributed by atoms with Gasteiger partial charge in [-0.2, -0.15) is 0 Å². The molecule has 0 rings (SSSR count). The molecule has 0 spiro atoms. The summed E-state index contributed by atoms with van der Waals surface area (Å²) in [6, 6.07) is 0. The monoisotopic (exact) mass is 230 g/mol. The molecule has 0 amide bonds. The zero-order valence-corrected chi connectivity index (χ0v) is 7.64. The number of hydrogen-bond acceptors (Lipinski definition) is 4. The summed E-state index contributed by atoms with van der Waals surface area (Å²) in [7, 11) is 0. The molecule has 74 valence electrons. The Hall–Kier alpha value is -0.506. The smallest absolute Gasteiger partial charge is 2.00 e. The molecule has 2 unspecified atom stereocenters. The van der Waals surface area contributed by atoms with E-state index in [1.54, 1.807) is 0 Å². The molecule has 0 bridgehead atoms. The number of carboxylic acids is 2. The fourth-order valence-electron chi connectivity index (χ4n) is 0.270. The van der Waals surface area contributed by atoms with E-state index < -0.39 is 24.1 Å². The normalized spacial score (nSPS) is 12.2. The fraction of sp³-hybridized carbons (Fsp3) is 0.500. The van der Waals surface area contributed by atoms with Gasteiger partial charge in [0.15, 0.2) is 12.2 Å². The number of carboxylic acid groups (broad SMARTS) is 2. The Balaban J connectivity index is -0.000000135. The van der Waals surface area contributed by atoms with Gasteiger partial charge in [0.2, 0.25) is 0 Å². The summed E-state index contributed by atoms with van der Waals surface area (Å²) in [6.07, 6.45) is -4.53. The van der Waals surface area contributed by atoms with E-state index in [0.29, 0.717) is 0 Å². The SMILES string of the molecule is O=C(O)C(O)C(O)C(=O)O.[O-2].[O-2].[Ti+4]. The molecule has 0 aromatic heterocycles. The van der Waals surface area contributed by atoms with Crippen molar-refractivity contribution < 1.29 is 62.7 Å². The third-order valence-electron chi connectivity index (χ3n) is 0.805. The Morgan fingerprint density at radius 2 is 1.00 bits per heavy atom. The maximum Gasteiger partial charge on any atom is 4.00 e. The van der Waals surface area contributed by atoms with Crippen molar-refractivity contribution in [2.45, 2.75) is 12.2 Å². The van der Waals surface area contributed by atoms with Gasteiger partial charge in [-0.3, -0.25) is 0 Å². The standard InChI is InChI=1S/C4H6O6.2O.Ti/c5-1(3(7)8)2(6)4(9)10;;;/h1-2,5-6H,(H,7,8)(H,9,10);;;/q;2*-2;+4. The minimum absolute atomic E-state index is 0. The number of aliphatic carboxylic acids is 2. The summed E-state index contributed by atoms with van der Waals surface area (Å²) in [5.74, 6) is -3.54. The van der Waals surface area contributed by atoms with E-state index in [1.165, 1.54) is 0 Å². The molecule has 2 atom stereocenters. The molecule has 0 heterocycles. The van der Waals surface area contributed by atoms with Crippen molar-refractivity contribution in [2.24, 2.45) is 0 Å². The number of rotatable bonds is 3. The number of aliphatic hydroxyl groups excluding tert-OH is 2. The average Bonchev–Trinajstić information content (AvgIpc) is 1.84. The molecule has 0 radical (unpaired) electrons. The van der Waals surface area contributed by atoms with Crippen molar-refractivity contribution in [1.82, 2.24) is 0 Å². The van der Waals surface area contributed by atoms with Crippen molar-refractivity contribution in [3.63, 3.8) is 0 Å². The van der Waals surface area contributed by atoms with Crippen LogP contribution in [0.2, 0.25) is 0 Å². The van der Waals surface area contributed by atoms with Crippen LogP contribution in [0.15, 0.2) is 0 Å². The summed E-state index contributed by atoms with van der Waals surface area (Å²) in [4.78, 5) is 19.5. The predicted molar refractivity (Wildman–Crippen MR) is 28.7 cm³/mol. The van der Waals surface area contributed by atoms with Crippen molar-refractivity contribution in [3.05, 3.63) is 0 Å². The Labute approximate surface area is 87.3 Å². The zero-order chi connectivity index (χ0) is 8.31. The quantitative estimate of drug-likeness (QED) is 0.394. The number of aliphatic hydroxyl groups is 2. The van der Waals surface area contributed by atoms with Crippen LogP contribution in [-0.4, -0.2) is 44.6 Å². The van der Waals surface area contributed by atoms with Gasteiger partial charge in [-0.05, 0) is 0 Å². The first kappa shape index (κ1) is 22.9. The molecule has 0 saturated heterocycles. The van der Waals surface area contributed by atoms with Crippen LogP contribution in [0.1, 0.15) is 0 Å².